The minimum Gasteiger partial charge on any atom is -0.443 e. The Kier molecular flexibility index (Phi) is 4.12. The minimum atomic E-state index is -0.448. The largest absolute Gasteiger partial charge is 0.443 e. The molecule has 2 fully saturated rings. The molecule has 0 aliphatic carbocycles. The summed E-state index contributed by atoms with van der Waals surface area (Å²) in [5, 5.41) is 3.62. The third kappa shape index (κ3) is 4.14. The van der Waals surface area contributed by atoms with Gasteiger partial charge in [-0.3, -0.25) is 5.43 Å². The molecule has 2 atom stereocenters. The Balaban J connectivity index is 1.72. The predicted octanol–water partition coefficient (Wildman–Crippen LogP) is 1.69. The van der Waals surface area contributed by atoms with Crippen LogP contribution in [0.1, 0.15) is 52.9 Å². The Morgan fingerprint density at radius 1 is 1.22 bits per heavy atom. The van der Waals surface area contributed by atoms with Crippen LogP contribution in [0.25, 0.3) is 0 Å². The van der Waals surface area contributed by atoms with Crippen LogP contribution in [0.2, 0.25) is 0 Å². The molecule has 3 N–H and O–H groups in total. The Hall–Kier alpha value is -0.810. The average Bonchev–Trinajstić information content (AvgIpc) is 2.23. The van der Waals surface area contributed by atoms with Crippen molar-refractivity contribution in [1.82, 2.24) is 16.2 Å². The van der Waals surface area contributed by atoms with Crippen LogP contribution in [0.5, 0.6) is 0 Å². The van der Waals surface area contributed by atoms with Crippen LogP contribution in [-0.2, 0) is 4.74 Å². The van der Waals surface area contributed by atoms with Crippen LogP contribution >= 0.6 is 0 Å². The van der Waals surface area contributed by atoms with E-state index >= 15 is 0 Å². The molecule has 2 aliphatic heterocycles. The SMILES string of the molecule is CC(C)(C)OC(=O)NNC1C[C@@H]2CCC[C@@H](C1)N2. The molecule has 104 valence electrons. The number of nitrogens with one attached hydrogen (secondary N) is 3. The first kappa shape index (κ1) is 13.6. The smallest absolute Gasteiger partial charge is 0.422 e. The quantitative estimate of drug-likeness (QED) is 0.657. The van der Waals surface area contributed by atoms with Gasteiger partial charge < -0.3 is 10.1 Å². The van der Waals surface area contributed by atoms with Gasteiger partial charge in [-0.15, -0.1) is 0 Å². The van der Waals surface area contributed by atoms with E-state index < -0.39 is 11.7 Å². The molecule has 0 aromatic heterocycles. The number of rotatable bonds is 2. The highest BCUT2D eigenvalue weighted by molar-refractivity contribution is 5.67. The maximum atomic E-state index is 11.5. The van der Waals surface area contributed by atoms with Crippen molar-refractivity contribution < 1.29 is 9.53 Å². The van der Waals surface area contributed by atoms with Crippen molar-refractivity contribution in [3.63, 3.8) is 0 Å². The second-order valence-electron chi connectivity index (χ2n) is 6.43. The molecule has 0 unspecified atom stereocenters. The van der Waals surface area contributed by atoms with Gasteiger partial charge in [-0.2, -0.15) is 0 Å². The van der Waals surface area contributed by atoms with Crippen molar-refractivity contribution in [2.45, 2.75) is 76.6 Å². The number of fused-ring (bicyclic) bond motifs is 2. The van der Waals surface area contributed by atoms with E-state index in [1.165, 1.54) is 19.3 Å². The van der Waals surface area contributed by atoms with Crippen LogP contribution in [0.4, 0.5) is 4.79 Å². The van der Waals surface area contributed by atoms with E-state index in [1.807, 2.05) is 20.8 Å². The molecule has 2 heterocycles. The summed E-state index contributed by atoms with van der Waals surface area (Å²) in [4.78, 5) is 11.5. The summed E-state index contributed by atoms with van der Waals surface area (Å²) >= 11 is 0. The van der Waals surface area contributed by atoms with Crippen molar-refractivity contribution in [2.75, 3.05) is 0 Å². The molecule has 1 amide bonds. The maximum Gasteiger partial charge on any atom is 0.422 e. The molecule has 2 bridgehead atoms. The first-order valence-corrected chi connectivity index (χ1v) is 6.93. The van der Waals surface area contributed by atoms with Crippen molar-refractivity contribution >= 4 is 6.09 Å². The second-order valence-corrected chi connectivity index (χ2v) is 6.43. The molecule has 0 spiro atoms. The van der Waals surface area contributed by atoms with E-state index in [9.17, 15) is 4.79 Å². The van der Waals surface area contributed by atoms with Crippen molar-refractivity contribution in [3.05, 3.63) is 0 Å². The van der Waals surface area contributed by atoms with Gasteiger partial charge in [-0.25, -0.2) is 10.2 Å². The van der Waals surface area contributed by atoms with Gasteiger partial charge in [0.1, 0.15) is 5.60 Å². The van der Waals surface area contributed by atoms with Crippen molar-refractivity contribution in [2.24, 2.45) is 0 Å². The monoisotopic (exact) mass is 255 g/mol. The molecular weight excluding hydrogens is 230 g/mol. The van der Waals surface area contributed by atoms with E-state index in [0.29, 0.717) is 18.1 Å². The fraction of sp³-hybridized carbons (Fsp3) is 0.923. The number of amides is 1. The van der Waals surface area contributed by atoms with Crippen LogP contribution in [0, 0.1) is 0 Å². The van der Waals surface area contributed by atoms with Crippen molar-refractivity contribution in [3.8, 4) is 0 Å². The summed E-state index contributed by atoms with van der Waals surface area (Å²) in [6, 6.07) is 1.57. The highest BCUT2D eigenvalue weighted by Crippen LogP contribution is 2.25. The standard InChI is InChI=1S/C13H25N3O2/c1-13(2,3)18-12(17)16-15-11-7-9-5-4-6-10(8-11)14-9/h9-11,14-15H,4-8H2,1-3H3,(H,16,17)/t9-,10-/m0/s1. The predicted molar refractivity (Wildman–Crippen MR) is 70.1 cm³/mol. The minimum absolute atomic E-state index is 0.356. The lowest BCUT2D eigenvalue weighted by Crippen LogP contribution is -2.57. The number of carbonyl (C=O) groups is 1. The highest BCUT2D eigenvalue weighted by Gasteiger charge is 2.31. The fourth-order valence-corrected chi connectivity index (χ4v) is 2.85. The van der Waals surface area contributed by atoms with Crippen LogP contribution in [0.15, 0.2) is 0 Å². The first-order valence-electron chi connectivity index (χ1n) is 6.93. The zero-order valence-electron chi connectivity index (χ0n) is 11.6. The van der Waals surface area contributed by atoms with E-state index in [4.69, 9.17) is 4.74 Å². The fourth-order valence-electron chi connectivity index (χ4n) is 2.85. The van der Waals surface area contributed by atoms with Gasteiger partial charge in [0.2, 0.25) is 0 Å². The number of hydrogen-bond acceptors (Lipinski definition) is 4. The molecular formula is C13H25N3O2. The van der Waals surface area contributed by atoms with E-state index in [-0.39, 0.29) is 0 Å². The summed E-state index contributed by atoms with van der Waals surface area (Å²) in [6.45, 7) is 5.59. The molecule has 5 heteroatoms. The Labute approximate surface area is 109 Å². The van der Waals surface area contributed by atoms with E-state index in [1.54, 1.807) is 0 Å². The Morgan fingerprint density at radius 2 is 1.83 bits per heavy atom. The number of ether oxygens (including phenoxy) is 1. The number of hydrazine groups is 1. The van der Waals surface area contributed by atoms with E-state index in [0.717, 1.165) is 12.8 Å². The summed E-state index contributed by atoms with van der Waals surface area (Å²) in [5.74, 6) is 0. The van der Waals surface area contributed by atoms with Gasteiger partial charge in [-0.1, -0.05) is 6.42 Å². The first-order chi connectivity index (χ1) is 8.42. The zero-order valence-corrected chi connectivity index (χ0v) is 11.6. The van der Waals surface area contributed by atoms with E-state index in [2.05, 4.69) is 16.2 Å². The third-order valence-corrected chi connectivity index (χ3v) is 3.49. The van der Waals surface area contributed by atoms with Crippen molar-refractivity contribution in [1.29, 1.82) is 0 Å². The van der Waals surface area contributed by atoms with Crippen LogP contribution in [-0.4, -0.2) is 29.8 Å². The van der Waals surface area contributed by atoms with Crippen LogP contribution < -0.4 is 16.2 Å². The molecule has 5 nitrogen and oxygen atoms in total. The average molecular weight is 255 g/mol. The normalized spacial score (nSPS) is 31.8. The second kappa shape index (κ2) is 5.45. The number of piperidine rings is 2. The lowest BCUT2D eigenvalue weighted by molar-refractivity contribution is 0.0472. The number of hydrogen-bond donors (Lipinski definition) is 3. The summed E-state index contributed by atoms with van der Waals surface area (Å²) in [5.41, 5.74) is 5.32. The van der Waals surface area contributed by atoms with Gasteiger partial charge in [-0.05, 0) is 46.5 Å². The lowest BCUT2D eigenvalue weighted by Gasteiger charge is -2.40. The van der Waals surface area contributed by atoms with Gasteiger partial charge in [0.05, 0.1) is 0 Å². The molecule has 18 heavy (non-hydrogen) atoms. The summed E-state index contributed by atoms with van der Waals surface area (Å²) in [6.07, 6.45) is 5.58. The Morgan fingerprint density at radius 3 is 2.39 bits per heavy atom. The Bertz CT molecular complexity index is 289. The number of carbonyl (C=O) groups excluding carboxylic acids is 1. The maximum absolute atomic E-state index is 11.5. The third-order valence-electron chi connectivity index (χ3n) is 3.49. The summed E-state index contributed by atoms with van der Waals surface area (Å²) < 4.78 is 5.19. The molecule has 2 saturated heterocycles. The van der Waals surface area contributed by atoms with Crippen LogP contribution in [0.3, 0.4) is 0 Å². The van der Waals surface area contributed by atoms with Gasteiger partial charge in [0.25, 0.3) is 0 Å². The molecule has 2 aliphatic rings. The highest BCUT2D eigenvalue weighted by atomic mass is 16.6. The summed E-state index contributed by atoms with van der Waals surface area (Å²) in [7, 11) is 0. The van der Waals surface area contributed by atoms with Gasteiger partial charge >= 0.3 is 6.09 Å². The zero-order chi connectivity index (χ0) is 13.2. The van der Waals surface area contributed by atoms with Gasteiger partial charge in [0.15, 0.2) is 0 Å². The molecule has 0 saturated carbocycles. The topological polar surface area (TPSA) is 62.4 Å². The molecule has 0 aromatic carbocycles. The molecule has 0 radical (unpaired) electrons. The lowest BCUT2D eigenvalue weighted by atomic mass is 9.84. The molecule has 2 rings (SSSR count). The molecule has 0 aromatic rings. The van der Waals surface area contributed by atoms with Gasteiger partial charge in [0, 0.05) is 18.1 Å².